The molecule has 4 heteroatoms. The quantitative estimate of drug-likeness (QED) is 0.360. The third-order valence-corrected chi connectivity index (χ3v) is 1.04. The molecule has 0 spiro atoms. The fourth-order valence-electron chi connectivity index (χ4n) is 0.582. The standard InChI is InChI=1S/C5H9N2O.HI/c1-4-6-7(3)5(2)8-4;/h1-3H3;1H/q+1;/p-1. The van der Waals surface area contributed by atoms with Gasteiger partial charge < -0.3 is 28.4 Å². The van der Waals surface area contributed by atoms with E-state index in [0.29, 0.717) is 5.89 Å². The van der Waals surface area contributed by atoms with E-state index in [0.717, 1.165) is 5.89 Å². The molecule has 3 nitrogen and oxygen atoms in total. The topological polar surface area (TPSA) is 29.9 Å². The van der Waals surface area contributed by atoms with E-state index < -0.39 is 0 Å². The van der Waals surface area contributed by atoms with Crippen molar-refractivity contribution in [2.24, 2.45) is 7.05 Å². The third-order valence-electron chi connectivity index (χ3n) is 1.04. The second-order valence-corrected chi connectivity index (χ2v) is 1.76. The molecule has 1 aromatic rings. The van der Waals surface area contributed by atoms with Crippen LogP contribution in [0.4, 0.5) is 0 Å². The van der Waals surface area contributed by atoms with E-state index in [1.807, 2.05) is 20.9 Å². The van der Waals surface area contributed by atoms with Gasteiger partial charge in [0.1, 0.15) is 0 Å². The molecule has 0 amide bonds. The molecule has 0 unspecified atom stereocenters. The summed E-state index contributed by atoms with van der Waals surface area (Å²) in [4.78, 5) is 0. The summed E-state index contributed by atoms with van der Waals surface area (Å²) in [6.45, 7) is 3.70. The fourth-order valence-corrected chi connectivity index (χ4v) is 0.582. The van der Waals surface area contributed by atoms with E-state index >= 15 is 0 Å². The molecule has 0 fully saturated rings. The number of nitrogens with zero attached hydrogens (tertiary/aromatic N) is 2. The molecule has 1 rings (SSSR count). The van der Waals surface area contributed by atoms with E-state index in [9.17, 15) is 0 Å². The Morgan fingerprint density at radius 1 is 1.44 bits per heavy atom. The van der Waals surface area contributed by atoms with Crippen molar-refractivity contribution >= 4 is 0 Å². The molecule has 52 valence electrons. The Morgan fingerprint density at radius 3 is 2.11 bits per heavy atom. The van der Waals surface area contributed by atoms with E-state index in [2.05, 4.69) is 5.10 Å². The molecule has 0 radical (unpaired) electrons. The van der Waals surface area contributed by atoms with Crippen LogP contribution in [-0.4, -0.2) is 5.10 Å². The highest BCUT2D eigenvalue weighted by Gasteiger charge is 2.06. The molecule has 0 aliphatic rings. The van der Waals surface area contributed by atoms with Gasteiger partial charge in [-0.1, -0.05) is 4.68 Å². The Labute approximate surface area is 71.1 Å². The normalized spacial score (nSPS) is 8.78. The van der Waals surface area contributed by atoms with Gasteiger partial charge in [0, 0.05) is 12.0 Å². The Hall–Kier alpha value is -0.130. The monoisotopic (exact) mass is 240 g/mol. The fraction of sp³-hybridized carbons (Fsp3) is 0.600. The highest BCUT2D eigenvalue weighted by atomic mass is 127. The van der Waals surface area contributed by atoms with Gasteiger partial charge in [-0.25, -0.2) is 0 Å². The highest BCUT2D eigenvalue weighted by molar-refractivity contribution is 4.64. The third kappa shape index (κ3) is 1.92. The second-order valence-electron chi connectivity index (χ2n) is 1.76. The zero-order chi connectivity index (χ0) is 6.15. The number of hydrogen-bond acceptors (Lipinski definition) is 2. The summed E-state index contributed by atoms with van der Waals surface area (Å²) in [6, 6.07) is 0. The summed E-state index contributed by atoms with van der Waals surface area (Å²) in [5.74, 6) is 1.55. The Morgan fingerprint density at radius 2 is 2.00 bits per heavy atom. The molecule has 0 N–H and O–H groups in total. The predicted octanol–water partition coefficient (Wildman–Crippen LogP) is -2.88. The number of halogens is 1. The number of aromatic nitrogens is 2. The number of rotatable bonds is 0. The van der Waals surface area contributed by atoms with Crippen LogP contribution in [-0.2, 0) is 7.05 Å². The van der Waals surface area contributed by atoms with Gasteiger partial charge in [-0.3, -0.25) is 0 Å². The van der Waals surface area contributed by atoms with Gasteiger partial charge >= 0.3 is 5.89 Å². The van der Waals surface area contributed by atoms with Crippen LogP contribution in [0, 0.1) is 13.8 Å². The zero-order valence-electron chi connectivity index (χ0n) is 5.68. The van der Waals surface area contributed by atoms with Gasteiger partial charge in [-0.15, -0.1) is 0 Å². The lowest BCUT2D eigenvalue weighted by atomic mass is 10.8. The van der Waals surface area contributed by atoms with E-state index in [1.54, 1.807) is 4.68 Å². The maximum atomic E-state index is 5.07. The lowest BCUT2D eigenvalue weighted by molar-refractivity contribution is -0.737. The summed E-state index contributed by atoms with van der Waals surface area (Å²) in [5, 5.41) is 3.96. The van der Waals surface area contributed by atoms with Gasteiger partial charge in [-0.05, 0) is 0 Å². The van der Waals surface area contributed by atoms with Crippen LogP contribution in [0.5, 0.6) is 0 Å². The minimum absolute atomic E-state index is 0. The second kappa shape index (κ2) is 3.14. The van der Waals surface area contributed by atoms with Crippen molar-refractivity contribution in [3.63, 3.8) is 0 Å². The van der Waals surface area contributed by atoms with Crippen molar-refractivity contribution in [2.45, 2.75) is 13.8 Å². The number of aryl methyl sites for hydroxylation is 3. The molecule has 0 atom stereocenters. The molecule has 0 aliphatic carbocycles. The first kappa shape index (κ1) is 8.87. The molecule has 1 heterocycles. The van der Waals surface area contributed by atoms with Crippen molar-refractivity contribution in [1.29, 1.82) is 0 Å². The van der Waals surface area contributed by atoms with Gasteiger partial charge in [0.15, 0.2) is 7.05 Å². The smallest absolute Gasteiger partial charge is 0.370 e. The molecule has 1 aromatic heterocycles. The summed E-state index contributed by atoms with van der Waals surface area (Å²) in [6.07, 6.45) is 0. The minimum Gasteiger partial charge on any atom is -1.00 e. The zero-order valence-corrected chi connectivity index (χ0v) is 7.84. The van der Waals surface area contributed by atoms with Crippen molar-refractivity contribution < 1.29 is 33.1 Å². The first-order chi connectivity index (χ1) is 3.70. The maximum absolute atomic E-state index is 5.07. The van der Waals surface area contributed by atoms with E-state index in [1.165, 1.54) is 0 Å². The van der Waals surface area contributed by atoms with Gasteiger partial charge in [0.2, 0.25) is 0 Å². The summed E-state index contributed by atoms with van der Waals surface area (Å²) < 4.78 is 6.77. The van der Waals surface area contributed by atoms with Crippen LogP contribution in [0.2, 0.25) is 0 Å². The average molecular weight is 240 g/mol. The Kier molecular flexibility index (Phi) is 3.10. The molecule has 0 aromatic carbocycles. The largest absolute Gasteiger partial charge is 1.00 e. The van der Waals surface area contributed by atoms with Crippen molar-refractivity contribution in [3.05, 3.63) is 11.8 Å². The molecule has 0 aliphatic heterocycles. The molecule has 0 saturated carbocycles. The summed E-state index contributed by atoms with van der Waals surface area (Å²) in [5.41, 5.74) is 0. The van der Waals surface area contributed by atoms with Gasteiger partial charge in [0.05, 0.1) is 6.92 Å². The van der Waals surface area contributed by atoms with Crippen LogP contribution < -0.4 is 28.7 Å². The first-order valence-corrected chi connectivity index (χ1v) is 2.50. The summed E-state index contributed by atoms with van der Waals surface area (Å²) >= 11 is 0. The minimum atomic E-state index is 0. The first-order valence-electron chi connectivity index (χ1n) is 2.50. The van der Waals surface area contributed by atoms with E-state index in [-0.39, 0.29) is 24.0 Å². The van der Waals surface area contributed by atoms with Gasteiger partial charge in [0.25, 0.3) is 5.89 Å². The molecular formula is C5H9IN2O. The molecular weight excluding hydrogens is 231 g/mol. The van der Waals surface area contributed by atoms with Crippen LogP contribution in [0.25, 0.3) is 0 Å². The van der Waals surface area contributed by atoms with Crippen molar-refractivity contribution in [3.8, 4) is 0 Å². The molecule has 0 saturated heterocycles. The Balaban J connectivity index is 0.000000640. The van der Waals surface area contributed by atoms with Crippen LogP contribution >= 0.6 is 0 Å². The lowest BCUT2D eigenvalue weighted by Gasteiger charge is -1.68. The number of hydrogen-bond donors (Lipinski definition) is 0. The highest BCUT2D eigenvalue weighted by Crippen LogP contribution is 1.89. The van der Waals surface area contributed by atoms with Crippen LogP contribution in [0.3, 0.4) is 0 Å². The summed E-state index contributed by atoms with van der Waals surface area (Å²) in [7, 11) is 1.85. The average Bonchev–Trinajstić information content (AvgIpc) is 1.85. The van der Waals surface area contributed by atoms with Crippen LogP contribution in [0.1, 0.15) is 11.8 Å². The SMILES string of the molecule is Cc1n[n+](C)c(C)o1.[I-]. The molecule has 0 bridgehead atoms. The van der Waals surface area contributed by atoms with E-state index in [4.69, 9.17) is 4.42 Å². The Bertz CT molecular complexity index is 177. The molecule has 9 heavy (non-hydrogen) atoms. The maximum Gasteiger partial charge on any atom is 0.370 e. The lowest BCUT2D eigenvalue weighted by Crippen LogP contribution is -3.00. The predicted molar refractivity (Wildman–Crippen MR) is 27.2 cm³/mol. The van der Waals surface area contributed by atoms with Gasteiger partial charge in [-0.2, -0.15) is 0 Å². The van der Waals surface area contributed by atoms with Crippen molar-refractivity contribution in [2.75, 3.05) is 0 Å². The van der Waals surface area contributed by atoms with Crippen molar-refractivity contribution in [1.82, 2.24) is 5.10 Å². The van der Waals surface area contributed by atoms with Crippen LogP contribution in [0.15, 0.2) is 4.42 Å².